The van der Waals surface area contributed by atoms with Crippen LogP contribution >= 0.6 is 0 Å². The number of hydrogen-bond acceptors (Lipinski definition) is 1. The molecule has 0 aromatic carbocycles. The molecule has 0 radical (unpaired) electrons. The maximum Gasteiger partial charge on any atom is 0.115 e. The summed E-state index contributed by atoms with van der Waals surface area (Å²) in [6.07, 6.45) is 3.42. The molecule has 58 valence electrons. The van der Waals surface area contributed by atoms with Crippen LogP contribution in [0.2, 0.25) is 0 Å². The lowest BCUT2D eigenvalue weighted by Crippen LogP contribution is -2.48. The zero-order valence-electron chi connectivity index (χ0n) is 6.36. The average Bonchev–Trinajstić information content (AvgIpc) is 2.23. The van der Waals surface area contributed by atoms with Gasteiger partial charge in [-0.25, -0.2) is 4.39 Å². The molecule has 2 aliphatic rings. The van der Waals surface area contributed by atoms with Gasteiger partial charge in [-0.1, -0.05) is 0 Å². The van der Waals surface area contributed by atoms with Crippen LogP contribution in [-0.2, 0) is 0 Å². The van der Waals surface area contributed by atoms with Gasteiger partial charge in [0.05, 0.1) is 0 Å². The highest BCUT2D eigenvalue weighted by molar-refractivity contribution is 5.01. The fourth-order valence-corrected chi connectivity index (χ4v) is 2.19. The third-order valence-corrected chi connectivity index (χ3v) is 2.95. The van der Waals surface area contributed by atoms with E-state index in [1.807, 2.05) is 0 Å². The highest BCUT2D eigenvalue weighted by atomic mass is 19.1. The first kappa shape index (κ1) is 6.59. The van der Waals surface area contributed by atoms with Gasteiger partial charge in [0.15, 0.2) is 0 Å². The Morgan fingerprint density at radius 2 is 2.10 bits per heavy atom. The standard InChI is InChI=1S/C8H14FN/c1-8-4-2-6(9)7(10-8)3-5-8/h6-7,10H,2-5H2,1H3/t6-,7-,8-/m0/s1. The summed E-state index contributed by atoms with van der Waals surface area (Å²) in [4.78, 5) is 0. The number of hydrogen-bond donors (Lipinski definition) is 1. The molecule has 2 bridgehead atoms. The molecule has 0 unspecified atom stereocenters. The van der Waals surface area contributed by atoms with Crippen LogP contribution in [0.4, 0.5) is 4.39 Å². The predicted octanol–water partition coefficient (Wildman–Crippen LogP) is 1.63. The Morgan fingerprint density at radius 1 is 1.40 bits per heavy atom. The summed E-state index contributed by atoms with van der Waals surface area (Å²) in [5, 5.41) is 3.34. The van der Waals surface area contributed by atoms with Crippen molar-refractivity contribution < 1.29 is 4.39 Å². The Labute approximate surface area is 61.0 Å². The van der Waals surface area contributed by atoms with Crippen LogP contribution in [0.3, 0.4) is 0 Å². The topological polar surface area (TPSA) is 12.0 Å². The van der Waals surface area contributed by atoms with Gasteiger partial charge in [0, 0.05) is 11.6 Å². The molecule has 2 saturated heterocycles. The molecule has 3 atom stereocenters. The van der Waals surface area contributed by atoms with Crippen molar-refractivity contribution in [1.82, 2.24) is 5.32 Å². The summed E-state index contributed by atoms with van der Waals surface area (Å²) in [5.74, 6) is 0. The van der Waals surface area contributed by atoms with Gasteiger partial charge in [0.1, 0.15) is 6.17 Å². The highest BCUT2D eigenvalue weighted by Gasteiger charge is 2.42. The molecule has 0 aromatic heterocycles. The van der Waals surface area contributed by atoms with Gasteiger partial charge in [-0.3, -0.25) is 0 Å². The van der Waals surface area contributed by atoms with Crippen LogP contribution in [0.25, 0.3) is 0 Å². The van der Waals surface area contributed by atoms with E-state index in [1.54, 1.807) is 0 Å². The average molecular weight is 143 g/mol. The summed E-state index contributed by atoms with van der Waals surface area (Å²) in [6.45, 7) is 2.21. The third kappa shape index (κ3) is 0.858. The molecule has 0 aliphatic carbocycles. The van der Waals surface area contributed by atoms with Crippen molar-refractivity contribution in [2.24, 2.45) is 0 Å². The first-order chi connectivity index (χ1) is 4.70. The smallest absolute Gasteiger partial charge is 0.115 e. The van der Waals surface area contributed by atoms with E-state index < -0.39 is 6.17 Å². The van der Waals surface area contributed by atoms with E-state index in [-0.39, 0.29) is 11.6 Å². The van der Waals surface area contributed by atoms with E-state index in [2.05, 4.69) is 12.2 Å². The molecule has 1 N–H and O–H groups in total. The van der Waals surface area contributed by atoms with Crippen molar-refractivity contribution in [2.45, 2.75) is 50.4 Å². The fraction of sp³-hybridized carbons (Fsp3) is 1.00. The number of alkyl halides is 1. The van der Waals surface area contributed by atoms with Crippen LogP contribution in [0.15, 0.2) is 0 Å². The maximum absolute atomic E-state index is 13.0. The molecular formula is C8H14FN. The molecule has 2 heterocycles. The van der Waals surface area contributed by atoms with Gasteiger partial charge in [0.2, 0.25) is 0 Å². The lowest BCUT2D eigenvalue weighted by molar-refractivity contribution is 0.174. The molecule has 0 amide bonds. The first-order valence-corrected chi connectivity index (χ1v) is 4.11. The molecule has 2 rings (SSSR count). The zero-order chi connectivity index (χ0) is 7.19. The van der Waals surface area contributed by atoms with Gasteiger partial charge >= 0.3 is 0 Å². The van der Waals surface area contributed by atoms with Crippen LogP contribution < -0.4 is 5.32 Å². The number of halogens is 1. The van der Waals surface area contributed by atoms with Crippen molar-refractivity contribution in [3.63, 3.8) is 0 Å². The van der Waals surface area contributed by atoms with E-state index >= 15 is 0 Å². The van der Waals surface area contributed by atoms with Gasteiger partial charge < -0.3 is 5.32 Å². The predicted molar refractivity (Wildman–Crippen MR) is 38.7 cm³/mol. The molecule has 2 aliphatic heterocycles. The summed E-state index contributed by atoms with van der Waals surface area (Å²) in [5.41, 5.74) is 0.285. The van der Waals surface area contributed by atoms with Crippen LogP contribution in [0, 0.1) is 0 Å². The van der Waals surface area contributed by atoms with Gasteiger partial charge in [-0.2, -0.15) is 0 Å². The molecule has 2 fully saturated rings. The van der Waals surface area contributed by atoms with Crippen molar-refractivity contribution in [3.8, 4) is 0 Å². The van der Waals surface area contributed by atoms with Gasteiger partial charge in [-0.05, 0) is 32.6 Å². The van der Waals surface area contributed by atoms with Crippen molar-refractivity contribution >= 4 is 0 Å². The summed E-state index contributed by atoms with van der Waals surface area (Å²) in [7, 11) is 0. The normalized spacial score (nSPS) is 53.4. The Kier molecular flexibility index (Phi) is 1.28. The molecule has 1 nitrogen and oxygen atoms in total. The maximum atomic E-state index is 13.0. The quantitative estimate of drug-likeness (QED) is 0.543. The Bertz CT molecular complexity index is 148. The minimum Gasteiger partial charge on any atom is -0.306 e. The number of piperidine rings is 1. The SMILES string of the molecule is C[C@]12CC[C@H](N1)[C@@H](F)CC2. The van der Waals surface area contributed by atoms with E-state index in [0.29, 0.717) is 0 Å². The minimum atomic E-state index is -0.574. The molecule has 0 aromatic rings. The summed E-state index contributed by atoms with van der Waals surface area (Å²) >= 11 is 0. The number of nitrogens with one attached hydrogen (secondary N) is 1. The van der Waals surface area contributed by atoms with Gasteiger partial charge in [-0.15, -0.1) is 0 Å². The van der Waals surface area contributed by atoms with Crippen LogP contribution in [0.1, 0.15) is 32.6 Å². The van der Waals surface area contributed by atoms with Crippen LogP contribution in [-0.4, -0.2) is 17.8 Å². The number of fused-ring (bicyclic) bond motifs is 2. The molecule has 2 heteroatoms. The van der Waals surface area contributed by atoms with E-state index in [9.17, 15) is 4.39 Å². The molecule has 10 heavy (non-hydrogen) atoms. The minimum absolute atomic E-state index is 0.179. The Balaban J connectivity index is 2.12. The third-order valence-electron chi connectivity index (χ3n) is 2.95. The Morgan fingerprint density at radius 3 is 2.80 bits per heavy atom. The second-order valence-corrected chi connectivity index (χ2v) is 3.90. The van der Waals surface area contributed by atoms with E-state index in [4.69, 9.17) is 0 Å². The molecule has 0 saturated carbocycles. The van der Waals surface area contributed by atoms with Crippen molar-refractivity contribution in [1.29, 1.82) is 0 Å². The highest BCUT2D eigenvalue weighted by Crippen LogP contribution is 2.36. The zero-order valence-corrected chi connectivity index (χ0v) is 6.36. The van der Waals surface area contributed by atoms with Crippen molar-refractivity contribution in [2.75, 3.05) is 0 Å². The van der Waals surface area contributed by atoms with Crippen LogP contribution in [0.5, 0.6) is 0 Å². The first-order valence-electron chi connectivity index (χ1n) is 4.11. The number of rotatable bonds is 0. The van der Waals surface area contributed by atoms with Crippen molar-refractivity contribution in [3.05, 3.63) is 0 Å². The lowest BCUT2D eigenvalue weighted by atomic mass is 9.92. The second kappa shape index (κ2) is 1.94. The molecular weight excluding hydrogens is 129 g/mol. The van der Waals surface area contributed by atoms with E-state index in [1.165, 1.54) is 0 Å². The fourth-order valence-electron chi connectivity index (χ4n) is 2.19. The second-order valence-electron chi connectivity index (χ2n) is 3.90. The van der Waals surface area contributed by atoms with Gasteiger partial charge in [0.25, 0.3) is 0 Å². The summed E-state index contributed by atoms with van der Waals surface area (Å²) < 4.78 is 13.0. The van der Waals surface area contributed by atoms with E-state index in [0.717, 1.165) is 25.7 Å². The Hall–Kier alpha value is -0.110. The molecule has 0 spiro atoms. The largest absolute Gasteiger partial charge is 0.306 e. The lowest BCUT2D eigenvalue weighted by Gasteiger charge is -2.32. The monoisotopic (exact) mass is 143 g/mol. The summed E-state index contributed by atoms with van der Waals surface area (Å²) in [6, 6.07) is 0.179.